The van der Waals surface area contributed by atoms with E-state index >= 15 is 0 Å². The van der Waals surface area contributed by atoms with Gasteiger partial charge in [0.1, 0.15) is 5.75 Å². The van der Waals surface area contributed by atoms with Gasteiger partial charge in [-0.1, -0.05) is 36.4 Å². The maximum Gasteiger partial charge on any atom is 0.118 e. The van der Waals surface area contributed by atoms with E-state index in [2.05, 4.69) is 43.1 Å². The molecule has 2 unspecified atom stereocenters. The van der Waals surface area contributed by atoms with Crippen LogP contribution in [0.4, 0.5) is 0 Å². The largest absolute Gasteiger partial charge is 0.497 e. The fourth-order valence-electron chi connectivity index (χ4n) is 4.88. The third kappa shape index (κ3) is 4.00. The third-order valence-electron chi connectivity index (χ3n) is 6.53. The van der Waals surface area contributed by atoms with Gasteiger partial charge in [0.25, 0.3) is 0 Å². The monoisotopic (exact) mass is 389 g/mol. The number of para-hydroxylation sites is 2. The average Bonchev–Trinajstić information content (AvgIpc) is 2.74. The van der Waals surface area contributed by atoms with Crippen molar-refractivity contribution in [3.8, 4) is 5.75 Å². The van der Waals surface area contributed by atoms with Crippen LogP contribution in [0.25, 0.3) is 10.9 Å². The number of likely N-dealkylation sites (N-methyl/N-ethyl adjacent to an activating group) is 1. The van der Waals surface area contributed by atoms with E-state index in [0.717, 1.165) is 37.2 Å². The molecular weight excluding hydrogens is 358 g/mol. The van der Waals surface area contributed by atoms with Crippen LogP contribution >= 0.6 is 0 Å². The summed E-state index contributed by atoms with van der Waals surface area (Å²) in [4.78, 5) is 7.33. The van der Waals surface area contributed by atoms with Gasteiger partial charge in [0.05, 0.1) is 12.6 Å². The molecule has 2 N–H and O–H groups in total. The molecule has 5 rings (SSSR count). The molecule has 0 radical (unpaired) electrons. The summed E-state index contributed by atoms with van der Waals surface area (Å²) in [5.74, 6) is 1.49. The maximum absolute atomic E-state index is 6.81. The minimum Gasteiger partial charge on any atom is -0.497 e. The number of ether oxygens (including phenoxy) is 1. The van der Waals surface area contributed by atoms with Crippen LogP contribution in [0, 0.1) is 12.8 Å². The number of methoxy groups -OCH3 is 1. The van der Waals surface area contributed by atoms with Gasteiger partial charge in [0, 0.05) is 23.2 Å². The van der Waals surface area contributed by atoms with E-state index in [1.807, 2.05) is 30.3 Å². The van der Waals surface area contributed by atoms with E-state index < -0.39 is 0 Å². The maximum atomic E-state index is 6.81. The van der Waals surface area contributed by atoms with Gasteiger partial charge in [0.15, 0.2) is 0 Å². The zero-order valence-corrected chi connectivity index (χ0v) is 17.7. The predicted molar refractivity (Wildman–Crippen MR) is 119 cm³/mol. The Balaban J connectivity index is 0.000000216. The minimum absolute atomic E-state index is 0.0745. The highest BCUT2D eigenvalue weighted by molar-refractivity contribution is 5.83. The van der Waals surface area contributed by atoms with E-state index in [1.54, 1.807) is 7.11 Å². The number of aromatic nitrogens is 1. The predicted octanol–water partition coefficient (Wildman–Crippen LogP) is 3.99. The van der Waals surface area contributed by atoms with Gasteiger partial charge in [-0.25, -0.2) is 0 Å². The van der Waals surface area contributed by atoms with Crippen molar-refractivity contribution in [1.29, 1.82) is 0 Å². The number of rotatable bonds is 1. The van der Waals surface area contributed by atoms with Gasteiger partial charge in [-0.05, 0) is 75.0 Å². The molecule has 2 aliphatic rings. The summed E-state index contributed by atoms with van der Waals surface area (Å²) in [7, 11) is 3.85. The second kappa shape index (κ2) is 8.13. The van der Waals surface area contributed by atoms with Gasteiger partial charge in [-0.2, -0.15) is 0 Å². The molecule has 1 fully saturated rings. The van der Waals surface area contributed by atoms with Crippen LogP contribution in [-0.4, -0.2) is 42.7 Å². The molecule has 3 aromatic rings. The zero-order chi connectivity index (χ0) is 20.4. The van der Waals surface area contributed by atoms with E-state index in [9.17, 15) is 0 Å². The first-order valence-corrected chi connectivity index (χ1v) is 10.4. The summed E-state index contributed by atoms with van der Waals surface area (Å²) < 4.78 is 4.91. The Hall–Kier alpha value is -2.43. The molecule has 4 nitrogen and oxygen atoms in total. The standard InChI is InChI=1S/C18H23N3.C7H8O/c1-12-14-5-3-4-6-16(14)20-17-9-13-7-8-21(2)11-18(13,19)10-15(12)17;1-8-7-5-3-2-4-6-7/h3-6,13H,7-11,19H2,1-2H3;2-6H,1H3. The second-order valence-electron chi connectivity index (χ2n) is 8.53. The Morgan fingerprint density at radius 1 is 1.10 bits per heavy atom. The molecule has 0 bridgehead atoms. The number of nitrogens with zero attached hydrogens (tertiary/aromatic N) is 2. The number of aryl methyl sites for hydroxylation is 1. The topological polar surface area (TPSA) is 51.4 Å². The van der Waals surface area contributed by atoms with Crippen molar-refractivity contribution in [2.45, 2.75) is 31.7 Å². The van der Waals surface area contributed by atoms with Crippen molar-refractivity contribution >= 4 is 10.9 Å². The molecule has 0 amide bonds. The molecular formula is C25H31N3O. The van der Waals surface area contributed by atoms with Crippen molar-refractivity contribution in [1.82, 2.24) is 9.88 Å². The number of piperidine rings is 1. The summed E-state index contributed by atoms with van der Waals surface area (Å²) in [6.07, 6.45) is 3.21. The van der Waals surface area contributed by atoms with Crippen LogP contribution in [0.15, 0.2) is 54.6 Å². The quantitative estimate of drug-likeness (QED) is 0.684. The van der Waals surface area contributed by atoms with E-state index in [1.165, 1.54) is 28.6 Å². The Bertz CT molecular complexity index is 988. The van der Waals surface area contributed by atoms with E-state index in [0.29, 0.717) is 5.92 Å². The molecule has 2 atom stereocenters. The van der Waals surface area contributed by atoms with Gasteiger partial charge in [-0.3, -0.25) is 4.98 Å². The van der Waals surface area contributed by atoms with Gasteiger partial charge < -0.3 is 15.4 Å². The second-order valence-corrected chi connectivity index (χ2v) is 8.53. The van der Waals surface area contributed by atoms with Crippen LogP contribution in [0.3, 0.4) is 0 Å². The summed E-state index contributed by atoms with van der Waals surface area (Å²) in [5.41, 5.74) is 11.9. The molecule has 2 aromatic carbocycles. The number of nitrogens with two attached hydrogens (primary N) is 1. The third-order valence-corrected chi connectivity index (χ3v) is 6.53. The molecule has 0 spiro atoms. The van der Waals surface area contributed by atoms with Gasteiger partial charge in [0.2, 0.25) is 0 Å². The lowest BCUT2D eigenvalue weighted by atomic mass is 9.68. The smallest absolute Gasteiger partial charge is 0.118 e. The Morgan fingerprint density at radius 2 is 1.83 bits per heavy atom. The first kappa shape index (κ1) is 19.9. The average molecular weight is 390 g/mol. The highest BCUT2D eigenvalue weighted by Gasteiger charge is 2.43. The molecule has 0 saturated carbocycles. The van der Waals surface area contributed by atoms with E-state index in [-0.39, 0.29) is 5.54 Å². The van der Waals surface area contributed by atoms with Crippen molar-refractivity contribution in [2.24, 2.45) is 11.7 Å². The van der Waals surface area contributed by atoms with Crippen LogP contribution in [-0.2, 0) is 12.8 Å². The number of hydrogen-bond donors (Lipinski definition) is 1. The van der Waals surface area contributed by atoms with Crippen LogP contribution < -0.4 is 10.5 Å². The van der Waals surface area contributed by atoms with Gasteiger partial charge >= 0.3 is 0 Å². The summed E-state index contributed by atoms with van der Waals surface area (Å²) in [6.45, 7) is 4.40. The number of benzene rings is 2. The first-order valence-electron chi connectivity index (χ1n) is 10.4. The highest BCUT2D eigenvalue weighted by Crippen LogP contribution is 2.39. The SMILES string of the molecule is COc1ccccc1.Cc1c2c(nc3ccccc13)CC1CCN(C)CC1(N)C2. The summed E-state index contributed by atoms with van der Waals surface area (Å²) >= 11 is 0. The van der Waals surface area contributed by atoms with Crippen molar-refractivity contribution in [3.63, 3.8) is 0 Å². The molecule has 29 heavy (non-hydrogen) atoms. The van der Waals surface area contributed by atoms with Crippen molar-refractivity contribution in [3.05, 3.63) is 71.4 Å². The highest BCUT2D eigenvalue weighted by atomic mass is 16.5. The first-order chi connectivity index (χ1) is 14.0. The molecule has 152 valence electrons. The molecule has 1 saturated heterocycles. The number of pyridine rings is 1. The molecule has 1 aliphatic heterocycles. The fraction of sp³-hybridized carbons (Fsp3) is 0.400. The molecule has 1 aromatic heterocycles. The lowest BCUT2D eigenvalue weighted by Gasteiger charge is -2.48. The van der Waals surface area contributed by atoms with Crippen LogP contribution in [0.1, 0.15) is 23.2 Å². The fourth-order valence-corrected chi connectivity index (χ4v) is 4.88. The molecule has 2 heterocycles. The summed E-state index contributed by atoms with van der Waals surface area (Å²) in [5, 5.41) is 1.28. The lowest BCUT2D eigenvalue weighted by molar-refractivity contribution is 0.102. The lowest BCUT2D eigenvalue weighted by Crippen LogP contribution is -2.62. The van der Waals surface area contributed by atoms with Crippen LogP contribution in [0.5, 0.6) is 5.75 Å². The van der Waals surface area contributed by atoms with Gasteiger partial charge in [-0.15, -0.1) is 0 Å². The molecule has 1 aliphatic carbocycles. The zero-order valence-electron chi connectivity index (χ0n) is 17.7. The van der Waals surface area contributed by atoms with Crippen LogP contribution in [0.2, 0.25) is 0 Å². The number of fused-ring (bicyclic) bond motifs is 3. The Kier molecular flexibility index (Phi) is 5.57. The number of likely N-dealkylation sites (tertiary alicyclic amines) is 1. The minimum atomic E-state index is -0.0745. The van der Waals surface area contributed by atoms with Crippen molar-refractivity contribution in [2.75, 3.05) is 27.2 Å². The number of hydrogen-bond acceptors (Lipinski definition) is 4. The Labute approximate surface area is 173 Å². The normalized spacial score (nSPS) is 23.5. The van der Waals surface area contributed by atoms with Crippen molar-refractivity contribution < 1.29 is 4.74 Å². The van der Waals surface area contributed by atoms with E-state index in [4.69, 9.17) is 15.5 Å². The summed E-state index contributed by atoms with van der Waals surface area (Å²) in [6, 6.07) is 18.2. The molecule has 4 heteroatoms. The Morgan fingerprint density at radius 3 is 2.55 bits per heavy atom.